The summed E-state index contributed by atoms with van der Waals surface area (Å²) >= 11 is 6.15. The predicted octanol–water partition coefficient (Wildman–Crippen LogP) is 4.74. The van der Waals surface area contributed by atoms with E-state index in [-0.39, 0.29) is 0 Å². The van der Waals surface area contributed by atoms with E-state index in [1.165, 1.54) is 0 Å². The Hall–Kier alpha value is -2.03. The van der Waals surface area contributed by atoms with Crippen LogP contribution >= 0.6 is 11.6 Å². The van der Waals surface area contributed by atoms with Gasteiger partial charge in [0.25, 0.3) is 0 Å². The Bertz CT molecular complexity index is 750. The normalized spacial score (nSPS) is 10.7. The van der Waals surface area contributed by atoms with Gasteiger partial charge in [0.15, 0.2) is 0 Å². The summed E-state index contributed by atoms with van der Waals surface area (Å²) in [6.45, 7) is 0.347. The number of halogens is 1. The van der Waals surface area contributed by atoms with Crippen LogP contribution in [0.25, 0.3) is 10.8 Å². The van der Waals surface area contributed by atoms with Gasteiger partial charge >= 0.3 is 0 Å². The summed E-state index contributed by atoms with van der Waals surface area (Å²) in [5.41, 5.74) is 6.57. The Morgan fingerprint density at radius 2 is 1.55 bits per heavy atom. The van der Waals surface area contributed by atoms with Crippen LogP contribution in [0.5, 0.6) is 11.5 Å². The molecule has 2 N–H and O–H groups in total. The molecule has 0 aliphatic carbocycles. The molecular weight excluding hydrogens is 270 g/mol. The van der Waals surface area contributed by atoms with Crippen LogP contribution in [0.2, 0.25) is 5.02 Å². The Kier molecular flexibility index (Phi) is 3.59. The molecule has 0 aromatic heterocycles. The third-order valence-electron chi connectivity index (χ3n) is 3.25. The molecule has 20 heavy (non-hydrogen) atoms. The van der Waals surface area contributed by atoms with E-state index in [0.29, 0.717) is 17.3 Å². The second-order valence-electron chi connectivity index (χ2n) is 4.50. The first-order valence-corrected chi connectivity index (χ1v) is 6.80. The average molecular weight is 284 g/mol. The Morgan fingerprint density at radius 1 is 0.850 bits per heavy atom. The number of benzene rings is 3. The molecule has 0 saturated carbocycles. The molecule has 3 heteroatoms. The van der Waals surface area contributed by atoms with E-state index in [1.807, 2.05) is 48.5 Å². The summed E-state index contributed by atoms with van der Waals surface area (Å²) in [6.07, 6.45) is 0. The quantitative estimate of drug-likeness (QED) is 0.753. The van der Waals surface area contributed by atoms with Crippen LogP contribution in [0.1, 0.15) is 5.56 Å². The molecule has 0 bridgehead atoms. The standard InChI is InChI=1S/C17H14ClNO/c18-15-8-4-10-17(14(15)11-19)20-16-9-3-6-12-5-1-2-7-13(12)16/h1-10H,11,19H2. The van der Waals surface area contributed by atoms with E-state index in [1.54, 1.807) is 0 Å². The molecule has 0 unspecified atom stereocenters. The zero-order valence-electron chi connectivity index (χ0n) is 10.8. The van der Waals surface area contributed by atoms with Crippen LogP contribution in [0.3, 0.4) is 0 Å². The lowest BCUT2D eigenvalue weighted by atomic mass is 10.1. The summed E-state index contributed by atoms with van der Waals surface area (Å²) < 4.78 is 6.03. The topological polar surface area (TPSA) is 35.2 Å². The molecule has 0 aliphatic rings. The fourth-order valence-electron chi connectivity index (χ4n) is 2.24. The lowest BCUT2D eigenvalue weighted by molar-refractivity contribution is 0.482. The van der Waals surface area contributed by atoms with Gasteiger partial charge in [0, 0.05) is 22.5 Å². The average Bonchev–Trinajstić information content (AvgIpc) is 2.48. The van der Waals surface area contributed by atoms with E-state index in [4.69, 9.17) is 22.1 Å². The zero-order valence-corrected chi connectivity index (χ0v) is 11.6. The van der Waals surface area contributed by atoms with Crippen LogP contribution in [-0.4, -0.2) is 0 Å². The first-order chi connectivity index (χ1) is 9.79. The highest BCUT2D eigenvalue weighted by Crippen LogP contribution is 2.33. The minimum Gasteiger partial charge on any atom is -0.456 e. The third kappa shape index (κ3) is 2.36. The molecule has 3 aromatic rings. The Balaban J connectivity index is 2.08. The molecule has 3 rings (SSSR count). The number of nitrogens with two attached hydrogens (primary N) is 1. The highest BCUT2D eigenvalue weighted by atomic mass is 35.5. The Morgan fingerprint density at radius 3 is 2.40 bits per heavy atom. The molecule has 2 nitrogen and oxygen atoms in total. The summed E-state index contributed by atoms with van der Waals surface area (Å²) in [5, 5.41) is 2.84. The van der Waals surface area contributed by atoms with Gasteiger partial charge in [0.05, 0.1) is 0 Å². The number of hydrogen-bond acceptors (Lipinski definition) is 2. The molecule has 0 amide bonds. The van der Waals surface area contributed by atoms with Crippen molar-refractivity contribution in [3.63, 3.8) is 0 Å². The molecular formula is C17H14ClNO. The van der Waals surface area contributed by atoms with Crippen molar-refractivity contribution in [2.45, 2.75) is 6.54 Å². The van der Waals surface area contributed by atoms with Crippen LogP contribution in [0.15, 0.2) is 60.7 Å². The first-order valence-electron chi connectivity index (χ1n) is 6.42. The highest BCUT2D eigenvalue weighted by Gasteiger charge is 2.09. The van der Waals surface area contributed by atoms with Gasteiger partial charge in [-0.1, -0.05) is 54.1 Å². The molecule has 0 saturated heterocycles. The SMILES string of the molecule is NCc1c(Cl)cccc1Oc1cccc2ccccc12. The first kappa shape index (κ1) is 13.0. The predicted molar refractivity (Wildman–Crippen MR) is 83.4 cm³/mol. The molecule has 0 radical (unpaired) electrons. The van der Waals surface area contributed by atoms with Crippen molar-refractivity contribution in [1.29, 1.82) is 0 Å². The third-order valence-corrected chi connectivity index (χ3v) is 3.60. The molecule has 3 aromatic carbocycles. The van der Waals surface area contributed by atoms with Crippen LogP contribution in [0, 0.1) is 0 Å². The summed E-state index contributed by atoms with van der Waals surface area (Å²) in [6, 6.07) is 19.7. The van der Waals surface area contributed by atoms with E-state index in [9.17, 15) is 0 Å². The maximum Gasteiger partial charge on any atom is 0.135 e. The minimum absolute atomic E-state index is 0.347. The van der Waals surface area contributed by atoms with E-state index >= 15 is 0 Å². The fourth-order valence-corrected chi connectivity index (χ4v) is 2.48. The lowest BCUT2D eigenvalue weighted by Gasteiger charge is -2.13. The van der Waals surface area contributed by atoms with Crippen molar-refractivity contribution in [2.75, 3.05) is 0 Å². The van der Waals surface area contributed by atoms with Crippen molar-refractivity contribution in [3.05, 3.63) is 71.2 Å². The number of ether oxygens (including phenoxy) is 1. The number of rotatable bonds is 3. The monoisotopic (exact) mass is 283 g/mol. The van der Waals surface area contributed by atoms with Gasteiger partial charge < -0.3 is 10.5 Å². The summed E-state index contributed by atoms with van der Waals surface area (Å²) in [7, 11) is 0. The maximum atomic E-state index is 6.15. The van der Waals surface area contributed by atoms with Gasteiger partial charge in [-0.05, 0) is 23.6 Å². The van der Waals surface area contributed by atoms with Gasteiger partial charge in [-0.15, -0.1) is 0 Å². The number of hydrogen-bond donors (Lipinski definition) is 1. The maximum absolute atomic E-state index is 6.15. The molecule has 0 atom stereocenters. The fraction of sp³-hybridized carbons (Fsp3) is 0.0588. The molecule has 100 valence electrons. The molecule has 0 aliphatic heterocycles. The summed E-state index contributed by atoms with van der Waals surface area (Å²) in [5.74, 6) is 1.51. The van der Waals surface area contributed by atoms with Crippen molar-refractivity contribution in [1.82, 2.24) is 0 Å². The van der Waals surface area contributed by atoms with Gasteiger partial charge in [-0.3, -0.25) is 0 Å². The Labute approximate surface area is 122 Å². The molecule has 0 heterocycles. The van der Waals surface area contributed by atoms with Crippen LogP contribution < -0.4 is 10.5 Å². The van der Waals surface area contributed by atoms with Crippen molar-refractivity contribution in [3.8, 4) is 11.5 Å². The van der Waals surface area contributed by atoms with E-state index in [0.717, 1.165) is 22.1 Å². The highest BCUT2D eigenvalue weighted by molar-refractivity contribution is 6.31. The van der Waals surface area contributed by atoms with E-state index in [2.05, 4.69) is 12.1 Å². The van der Waals surface area contributed by atoms with Gasteiger partial charge in [0.2, 0.25) is 0 Å². The van der Waals surface area contributed by atoms with Crippen molar-refractivity contribution < 1.29 is 4.74 Å². The lowest BCUT2D eigenvalue weighted by Crippen LogP contribution is -2.00. The zero-order chi connectivity index (χ0) is 13.9. The van der Waals surface area contributed by atoms with Gasteiger partial charge in [-0.25, -0.2) is 0 Å². The number of fused-ring (bicyclic) bond motifs is 1. The minimum atomic E-state index is 0.347. The van der Waals surface area contributed by atoms with Gasteiger partial charge in [0.1, 0.15) is 11.5 Å². The largest absolute Gasteiger partial charge is 0.456 e. The summed E-state index contributed by atoms with van der Waals surface area (Å²) in [4.78, 5) is 0. The van der Waals surface area contributed by atoms with Crippen molar-refractivity contribution >= 4 is 22.4 Å². The molecule has 0 spiro atoms. The molecule has 0 fully saturated rings. The smallest absolute Gasteiger partial charge is 0.135 e. The second-order valence-corrected chi connectivity index (χ2v) is 4.91. The van der Waals surface area contributed by atoms with Gasteiger partial charge in [-0.2, -0.15) is 0 Å². The second kappa shape index (κ2) is 5.53. The van der Waals surface area contributed by atoms with Crippen LogP contribution in [-0.2, 0) is 6.54 Å². The van der Waals surface area contributed by atoms with E-state index < -0.39 is 0 Å². The van der Waals surface area contributed by atoms with Crippen LogP contribution in [0.4, 0.5) is 0 Å². The van der Waals surface area contributed by atoms with Crippen molar-refractivity contribution in [2.24, 2.45) is 5.73 Å².